The molecule has 2 heteroatoms. The van der Waals surface area contributed by atoms with Gasteiger partial charge in [0.2, 0.25) is 0 Å². The van der Waals surface area contributed by atoms with Crippen LogP contribution in [-0.2, 0) is 4.79 Å². The van der Waals surface area contributed by atoms with Gasteiger partial charge in [0.25, 0.3) is 0 Å². The highest BCUT2D eigenvalue weighted by Crippen LogP contribution is 2.48. The van der Waals surface area contributed by atoms with Crippen molar-refractivity contribution in [1.29, 1.82) is 0 Å². The van der Waals surface area contributed by atoms with Crippen molar-refractivity contribution in [3.8, 4) is 11.5 Å². The van der Waals surface area contributed by atoms with Gasteiger partial charge in [-0.05, 0) is 54.6 Å². The van der Waals surface area contributed by atoms with E-state index >= 15 is 0 Å². The SMILES string of the molecule is CCCC[Si](C#C[C@@]1(CC(C)(C)C)CC[C@@H](CC(C)(C)C)C1=O)(CCCC)CCCC. The summed E-state index contributed by atoms with van der Waals surface area (Å²) in [6.07, 6.45) is 11.6. The van der Waals surface area contributed by atoms with Gasteiger partial charge in [0.15, 0.2) is 5.78 Å². The average molecular weight is 447 g/mol. The fourth-order valence-electron chi connectivity index (χ4n) is 5.61. The van der Waals surface area contributed by atoms with Gasteiger partial charge in [-0.25, -0.2) is 0 Å². The number of carbonyl (C=O) groups excluding carboxylic acids is 1. The van der Waals surface area contributed by atoms with Crippen LogP contribution < -0.4 is 0 Å². The average Bonchev–Trinajstić information content (AvgIpc) is 2.94. The number of hydrogen-bond donors (Lipinski definition) is 0. The molecule has 0 unspecified atom stereocenters. The zero-order valence-electron chi connectivity index (χ0n) is 22.7. The van der Waals surface area contributed by atoms with Crippen molar-refractivity contribution in [2.75, 3.05) is 0 Å². The maximum atomic E-state index is 13.9. The van der Waals surface area contributed by atoms with Crippen LogP contribution in [0.15, 0.2) is 0 Å². The van der Waals surface area contributed by atoms with Crippen molar-refractivity contribution < 1.29 is 4.79 Å². The van der Waals surface area contributed by atoms with E-state index in [-0.39, 0.29) is 16.7 Å². The van der Waals surface area contributed by atoms with Crippen molar-refractivity contribution >= 4 is 13.9 Å². The number of rotatable bonds is 11. The molecule has 180 valence electrons. The first-order valence-electron chi connectivity index (χ1n) is 13.4. The number of ketones is 1. The molecule has 0 amide bonds. The van der Waals surface area contributed by atoms with E-state index in [0.29, 0.717) is 5.78 Å². The van der Waals surface area contributed by atoms with Gasteiger partial charge in [-0.2, -0.15) is 0 Å². The quantitative estimate of drug-likeness (QED) is 0.228. The van der Waals surface area contributed by atoms with E-state index in [1.54, 1.807) is 0 Å². The van der Waals surface area contributed by atoms with Gasteiger partial charge in [-0.3, -0.25) is 4.79 Å². The molecule has 1 rings (SSSR count). The minimum atomic E-state index is -1.66. The molecular formula is C29H54OSi. The summed E-state index contributed by atoms with van der Waals surface area (Å²) in [4.78, 5) is 13.9. The maximum Gasteiger partial charge on any atom is 0.153 e. The maximum absolute atomic E-state index is 13.9. The molecule has 1 saturated carbocycles. The van der Waals surface area contributed by atoms with Crippen LogP contribution in [0.5, 0.6) is 0 Å². The van der Waals surface area contributed by atoms with Crippen LogP contribution in [0.4, 0.5) is 0 Å². The first kappa shape index (κ1) is 28.5. The minimum Gasteiger partial charge on any atom is -0.298 e. The summed E-state index contributed by atoms with van der Waals surface area (Å²) in [5.74, 6) is 4.53. The molecule has 0 aromatic carbocycles. The Kier molecular flexibility index (Phi) is 11.1. The summed E-state index contributed by atoms with van der Waals surface area (Å²) in [6, 6.07) is 4.01. The Balaban J connectivity index is 3.37. The lowest BCUT2D eigenvalue weighted by Gasteiger charge is -2.32. The number of hydrogen-bond acceptors (Lipinski definition) is 1. The molecule has 0 aromatic heterocycles. The van der Waals surface area contributed by atoms with Crippen LogP contribution in [0.1, 0.15) is 127 Å². The lowest BCUT2D eigenvalue weighted by atomic mass is 9.71. The van der Waals surface area contributed by atoms with Crippen molar-refractivity contribution in [2.24, 2.45) is 22.2 Å². The van der Waals surface area contributed by atoms with Crippen molar-refractivity contribution in [2.45, 2.75) is 145 Å². The molecule has 0 saturated heterocycles. The van der Waals surface area contributed by atoms with Gasteiger partial charge >= 0.3 is 0 Å². The van der Waals surface area contributed by atoms with Gasteiger partial charge in [0, 0.05) is 5.92 Å². The van der Waals surface area contributed by atoms with Gasteiger partial charge in [-0.15, -0.1) is 5.54 Å². The zero-order chi connectivity index (χ0) is 23.8. The molecule has 1 aliphatic rings. The first-order valence-corrected chi connectivity index (χ1v) is 16.0. The fourth-order valence-corrected chi connectivity index (χ4v) is 10.3. The van der Waals surface area contributed by atoms with E-state index in [4.69, 9.17) is 0 Å². The van der Waals surface area contributed by atoms with Crippen LogP contribution in [0, 0.1) is 33.6 Å². The summed E-state index contributed by atoms with van der Waals surface area (Å²) < 4.78 is 0. The van der Waals surface area contributed by atoms with Gasteiger partial charge in [-0.1, -0.05) is 107 Å². The van der Waals surface area contributed by atoms with Gasteiger partial charge < -0.3 is 0 Å². The Bertz CT molecular complexity index is 588. The monoisotopic (exact) mass is 446 g/mol. The van der Waals surface area contributed by atoms with E-state index in [0.717, 1.165) is 25.7 Å². The Morgan fingerprint density at radius 2 is 1.35 bits per heavy atom. The first-order chi connectivity index (χ1) is 14.3. The Hall–Kier alpha value is -0.553. The van der Waals surface area contributed by atoms with E-state index in [2.05, 4.69) is 73.8 Å². The highest BCUT2D eigenvalue weighted by Gasteiger charge is 2.49. The van der Waals surface area contributed by atoms with Crippen LogP contribution in [0.3, 0.4) is 0 Å². The molecule has 0 spiro atoms. The summed E-state index contributed by atoms with van der Waals surface area (Å²) in [5, 5.41) is 0. The van der Waals surface area contributed by atoms with Crippen LogP contribution in [-0.4, -0.2) is 13.9 Å². The molecule has 0 radical (unpaired) electrons. The third kappa shape index (κ3) is 9.45. The summed E-state index contributed by atoms with van der Waals surface area (Å²) in [5.41, 5.74) is 3.96. The summed E-state index contributed by atoms with van der Waals surface area (Å²) >= 11 is 0. The molecular weight excluding hydrogens is 392 g/mol. The lowest BCUT2D eigenvalue weighted by molar-refractivity contribution is -0.128. The smallest absolute Gasteiger partial charge is 0.153 e. The standard InChI is InChI=1S/C29H54OSi/c1-10-13-19-31(20-14-11-2,21-15-12-3)22-18-29(24-28(7,8)9)17-16-25(26(29)30)23-27(4,5)6/h25H,10-17,19-21,23-24H2,1-9H3/t25-,29+/m0/s1. The summed E-state index contributed by atoms with van der Waals surface area (Å²) in [7, 11) is -1.66. The molecule has 0 N–H and O–H groups in total. The second-order valence-corrected chi connectivity index (χ2v) is 17.3. The van der Waals surface area contributed by atoms with E-state index in [1.807, 2.05) is 0 Å². The highest BCUT2D eigenvalue weighted by atomic mass is 28.3. The third-order valence-electron chi connectivity index (χ3n) is 7.05. The zero-order valence-corrected chi connectivity index (χ0v) is 23.7. The second kappa shape index (κ2) is 12.1. The molecule has 1 aliphatic carbocycles. The third-order valence-corrected chi connectivity index (χ3v) is 11.6. The van der Waals surface area contributed by atoms with Gasteiger partial charge in [0.1, 0.15) is 8.07 Å². The predicted octanol–water partition coefficient (Wildman–Crippen LogP) is 9.22. The Labute approximate surface area is 196 Å². The van der Waals surface area contributed by atoms with E-state index < -0.39 is 13.5 Å². The molecule has 2 atom stereocenters. The normalized spacial score (nSPS) is 22.5. The number of Topliss-reactive ketones (excluding diaryl/α,β-unsaturated/α-hetero) is 1. The number of unbranched alkanes of at least 4 members (excludes halogenated alkanes) is 3. The number of carbonyl (C=O) groups is 1. The molecule has 1 nitrogen and oxygen atoms in total. The highest BCUT2D eigenvalue weighted by molar-refractivity contribution is 6.87. The van der Waals surface area contributed by atoms with Crippen LogP contribution in [0.2, 0.25) is 18.1 Å². The van der Waals surface area contributed by atoms with Crippen LogP contribution >= 0.6 is 0 Å². The van der Waals surface area contributed by atoms with Crippen molar-refractivity contribution in [3.05, 3.63) is 0 Å². The molecule has 0 bridgehead atoms. The largest absolute Gasteiger partial charge is 0.298 e. The minimum absolute atomic E-state index is 0.126. The second-order valence-electron chi connectivity index (χ2n) is 13.0. The van der Waals surface area contributed by atoms with E-state index in [9.17, 15) is 4.79 Å². The van der Waals surface area contributed by atoms with Crippen LogP contribution in [0.25, 0.3) is 0 Å². The van der Waals surface area contributed by atoms with Crippen molar-refractivity contribution in [3.63, 3.8) is 0 Å². The molecule has 0 heterocycles. The van der Waals surface area contributed by atoms with Crippen molar-refractivity contribution in [1.82, 2.24) is 0 Å². The molecule has 0 aromatic rings. The molecule has 31 heavy (non-hydrogen) atoms. The van der Waals surface area contributed by atoms with E-state index in [1.165, 1.54) is 56.7 Å². The molecule has 0 aliphatic heterocycles. The predicted molar refractivity (Wildman–Crippen MR) is 141 cm³/mol. The van der Waals surface area contributed by atoms with Gasteiger partial charge in [0.05, 0.1) is 5.41 Å². The summed E-state index contributed by atoms with van der Waals surface area (Å²) in [6.45, 7) is 20.6. The lowest BCUT2D eigenvalue weighted by Crippen LogP contribution is -2.36. The Morgan fingerprint density at radius 1 is 0.871 bits per heavy atom. The topological polar surface area (TPSA) is 17.1 Å². The molecule has 1 fully saturated rings. The Morgan fingerprint density at radius 3 is 1.74 bits per heavy atom. The fraction of sp³-hybridized carbons (Fsp3) is 0.897.